The van der Waals surface area contributed by atoms with Gasteiger partial charge in [-0.25, -0.2) is 0 Å². The first-order chi connectivity index (χ1) is 31.8. The van der Waals surface area contributed by atoms with E-state index in [2.05, 4.69) is 19.2 Å². The summed E-state index contributed by atoms with van der Waals surface area (Å²) in [7, 11) is 0. The molecule has 7 atom stereocenters. The quantitative estimate of drug-likeness (QED) is 0.0330. The minimum Gasteiger partial charge on any atom is -0.394 e. The average molecular weight is 927 g/mol. The van der Waals surface area contributed by atoms with Crippen molar-refractivity contribution in [3.05, 3.63) is 0 Å². The molecular weight excluding hydrogens is 815 g/mol. The van der Waals surface area contributed by atoms with Gasteiger partial charge in [0.25, 0.3) is 0 Å². The predicted molar refractivity (Wildman–Crippen MR) is 272 cm³/mol. The third-order valence-electron chi connectivity index (χ3n) is 14.2. The number of unbranched alkanes of at least 4 members (excludes halogenated alkanes) is 40. The fourth-order valence-electron chi connectivity index (χ4n) is 9.64. The highest BCUT2D eigenvalue weighted by atomic mass is 16.7. The van der Waals surface area contributed by atoms with Gasteiger partial charge in [0.1, 0.15) is 24.4 Å². The first-order valence-corrected chi connectivity index (χ1v) is 28.7. The average Bonchev–Trinajstić information content (AvgIpc) is 3.31. The lowest BCUT2D eigenvalue weighted by atomic mass is 9.99. The third kappa shape index (κ3) is 36.8. The van der Waals surface area contributed by atoms with Crippen molar-refractivity contribution in [3.8, 4) is 0 Å². The Kier molecular flexibility index (Phi) is 44.9. The summed E-state index contributed by atoms with van der Waals surface area (Å²) in [6, 6.07) is -0.712. The lowest BCUT2D eigenvalue weighted by Crippen LogP contribution is -2.60. The molecule has 1 aliphatic rings. The number of carbonyl (C=O) groups is 1. The van der Waals surface area contributed by atoms with E-state index < -0.39 is 49.5 Å². The van der Waals surface area contributed by atoms with Crippen molar-refractivity contribution in [3.63, 3.8) is 0 Å². The van der Waals surface area contributed by atoms with Crippen molar-refractivity contribution in [1.82, 2.24) is 5.32 Å². The van der Waals surface area contributed by atoms with Gasteiger partial charge in [-0.2, -0.15) is 0 Å². The molecule has 388 valence electrons. The van der Waals surface area contributed by atoms with Crippen molar-refractivity contribution in [2.24, 2.45) is 0 Å². The monoisotopic (exact) mass is 926 g/mol. The summed E-state index contributed by atoms with van der Waals surface area (Å²) in [5.41, 5.74) is 0. The van der Waals surface area contributed by atoms with Crippen LogP contribution < -0.4 is 5.32 Å². The SMILES string of the molecule is CCCCCCCCCCCCCCCCCCCCCCCCCCCCCCCC(=O)N[C@@H](CO[C@@H]1O[C@H](CO)[C@@H](O)C(O)C1O)[C@H](O)CCCCCCCCCCCCCCC. The van der Waals surface area contributed by atoms with Gasteiger partial charge >= 0.3 is 0 Å². The zero-order valence-corrected chi connectivity index (χ0v) is 43.0. The lowest BCUT2D eigenvalue weighted by molar-refractivity contribution is -0.302. The molecule has 1 aliphatic heterocycles. The van der Waals surface area contributed by atoms with Crippen molar-refractivity contribution < 1.29 is 39.8 Å². The summed E-state index contributed by atoms with van der Waals surface area (Å²) < 4.78 is 11.3. The topological polar surface area (TPSA) is 149 Å². The highest BCUT2D eigenvalue weighted by molar-refractivity contribution is 5.76. The first-order valence-electron chi connectivity index (χ1n) is 28.7. The zero-order chi connectivity index (χ0) is 47.3. The van der Waals surface area contributed by atoms with E-state index in [1.807, 2.05) is 0 Å². The molecule has 1 fully saturated rings. The number of carbonyl (C=O) groups excluding carboxylic acids is 1. The van der Waals surface area contributed by atoms with Gasteiger partial charge in [0.05, 0.1) is 25.4 Å². The number of aliphatic hydroxyl groups excluding tert-OH is 5. The van der Waals surface area contributed by atoms with E-state index in [1.165, 1.54) is 231 Å². The summed E-state index contributed by atoms with van der Waals surface area (Å²) in [6.07, 6.45) is 48.6. The molecular formula is C56H111NO8. The Morgan fingerprint density at radius 2 is 0.769 bits per heavy atom. The normalized spacial score (nSPS) is 19.8. The van der Waals surface area contributed by atoms with Gasteiger partial charge < -0.3 is 40.3 Å². The van der Waals surface area contributed by atoms with E-state index in [1.54, 1.807) is 0 Å². The Morgan fingerprint density at radius 1 is 0.462 bits per heavy atom. The molecule has 65 heavy (non-hydrogen) atoms. The number of aliphatic hydroxyl groups is 5. The first kappa shape index (κ1) is 62.2. The van der Waals surface area contributed by atoms with Crippen LogP contribution in [0.4, 0.5) is 0 Å². The van der Waals surface area contributed by atoms with Gasteiger partial charge in [0.15, 0.2) is 6.29 Å². The van der Waals surface area contributed by atoms with Crippen molar-refractivity contribution in [2.75, 3.05) is 13.2 Å². The van der Waals surface area contributed by atoms with Gasteiger partial charge in [-0.1, -0.05) is 277 Å². The second-order valence-electron chi connectivity index (χ2n) is 20.5. The number of hydrogen-bond donors (Lipinski definition) is 6. The number of ether oxygens (including phenoxy) is 2. The Morgan fingerprint density at radius 3 is 1.09 bits per heavy atom. The van der Waals surface area contributed by atoms with Crippen LogP contribution in [0.3, 0.4) is 0 Å². The molecule has 1 heterocycles. The molecule has 2 unspecified atom stereocenters. The second-order valence-corrected chi connectivity index (χ2v) is 20.5. The zero-order valence-electron chi connectivity index (χ0n) is 43.0. The fourth-order valence-corrected chi connectivity index (χ4v) is 9.64. The Hall–Kier alpha value is -0.810. The lowest BCUT2D eigenvalue weighted by Gasteiger charge is -2.40. The van der Waals surface area contributed by atoms with Crippen LogP contribution in [0.2, 0.25) is 0 Å². The van der Waals surface area contributed by atoms with Crippen LogP contribution in [-0.4, -0.2) is 87.5 Å². The van der Waals surface area contributed by atoms with Gasteiger partial charge in [0, 0.05) is 6.42 Å². The molecule has 0 saturated carbocycles. The predicted octanol–water partition coefficient (Wildman–Crippen LogP) is 13.9. The minimum atomic E-state index is -1.55. The van der Waals surface area contributed by atoms with Crippen molar-refractivity contribution >= 4 is 5.91 Å². The van der Waals surface area contributed by atoms with Crippen molar-refractivity contribution in [2.45, 2.75) is 339 Å². The number of nitrogens with one attached hydrogen (secondary N) is 1. The fraction of sp³-hybridized carbons (Fsp3) is 0.982. The maximum atomic E-state index is 13.0. The molecule has 0 bridgehead atoms. The van der Waals surface area contributed by atoms with E-state index in [0.29, 0.717) is 12.8 Å². The summed E-state index contributed by atoms with van der Waals surface area (Å²) >= 11 is 0. The minimum absolute atomic E-state index is 0.131. The Labute approximate surface area is 402 Å². The smallest absolute Gasteiger partial charge is 0.220 e. The van der Waals surface area contributed by atoms with Crippen molar-refractivity contribution in [1.29, 1.82) is 0 Å². The maximum absolute atomic E-state index is 13.0. The summed E-state index contributed by atoms with van der Waals surface area (Å²) in [5, 5.41) is 54.5. The number of hydrogen-bond acceptors (Lipinski definition) is 8. The Bertz CT molecular complexity index is 986. The van der Waals surface area contributed by atoms with Crippen LogP contribution in [0.15, 0.2) is 0 Å². The highest BCUT2D eigenvalue weighted by Gasteiger charge is 2.44. The molecule has 9 nitrogen and oxygen atoms in total. The standard InChI is InChI=1S/C56H111NO8/c1-3-5-7-9-11-13-15-17-18-19-20-21-22-23-24-25-26-27-28-29-30-31-32-34-36-38-40-42-44-46-52(60)57-49(48-64-56-55(63)54(62)53(61)51(47-58)65-56)50(59)45-43-41-39-37-35-33-16-14-12-10-8-6-4-2/h49-51,53-56,58-59,61-63H,3-48H2,1-2H3,(H,57,60)/t49-,50+,51+,53+,54?,55?,56+/m0/s1. The third-order valence-corrected chi connectivity index (χ3v) is 14.2. The van der Waals surface area contributed by atoms with Crippen LogP contribution in [0.25, 0.3) is 0 Å². The molecule has 0 spiro atoms. The molecule has 9 heteroatoms. The number of amides is 1. The Balaban J connectivity index is 2.11. The molecule has 0 aromatic heterocycles. The van der Waals surface area contributed by atoms with Gasteiger partial charge in [0.2, 0.25) is 5.91 Å². The van der Waals surface area contributed by atoms with Crippen LogP contribution >= 0.6 is 0 Å². The van der Waals surface area contributed by atoms with E-state index in [9.17, 15) is 30.3 Å². The van der Waals surface area contributed by atoms with Crippen LogP contribution in [0, 0.1) is 0 Å². The van der Waals surface area contributed by atoms with E-state index in [4.69, 9.17) is 9.47 Å². The highest BCUT2D eigenvalue weighted by Crippen LogP contribution is 2.23. The second kappa shape index (κ2) is 46.9. The molecule has 0 radical (unpaired) electrons. The largest absolute Gasteiger partial charge is 0.394 e. The maximum Gasteiger partial charge on any atom is 0.220 e. The molecule has 6 N–H and O–H groups in total. The molecule has 1 saturated heterocycles. The molecule has 1 rings (SSSR count). The van der Waals surface area contributed by atoms with Gasteiger partial charge in [-0.15, -0.1) is 0 Å². The summed E-state index contributed by atoms with van der Waals surface area (Å²) in [6.45, 7) is 3.87. The molecule has 0 aromatic carbocycles. The van der Waals surface area contributed by atoms with Gasteiger partial charge in [-0.05, 0) is 12.8 Å². The molecule has 1 amide bonds. The van der Waals surface area contributed by atoms with Crippen LogP contribution in [0.5, 0.6) is 0 Å². The summed E-state index contributed by atoms with van der Waals surface area (Å²) in [5.74, 6) is -0.137. The summed E-state index contributed by atoms with van der Waals surface area (Å²) in [4.78, 5) is 13.0. The van der Waals surface area contributed by atoms with E-state index in [-0.39, 0.29) is 12.5 Å². The van der Waals surface area contributed by atoms with Crippen LogP contribution in [0.1, 0.15) is 296 Å². The van der Waals surface area contributed by atoms with E-state index >= 15 is 0 Å². The molecule has 0 aliphatic carbocycles. The number of rotatable bonds is 50. The van der Waals surface area contributed by atoms with Gasteiger partial charge in [-0.3, -0.25) is 4.79 Å². The van der Waals surface area contributed by atoms with E-state index in [0.717, 1.165) is 38.5 Å². The van der Waals surface area contributed by atoms with Crippen LogP contribution in [-0.2, 0) is 14.3 Å². The molecule has 0 aromatic rings.